The van der Waals surface area contributed by atoms with Crippen molar-refractivity contribution >= 4 is 17.4 Å². The van der Waals surface area contributed by atoms with Gasteiger partial charge in [-0.2, -0.15) is 0 Å². The van der Waals surface area contributed by atoms with Crippen molar-refractivity contribution < 1.29 is 9.18 Å². The molecule has 0 atom stereocenters. The number of carbonyl (C=O) groups is 1. The lowest BCUT2D eigenvalue weighted by Crippen LogP contribution is -2.30. The predicted octanol–water partition coefficient (Wildman–Crippen LogP) is 4.57. The minimum Gasteiger partial charge on any atom is -0.298 e. The summed E-state index contributed by atoms with van der Waals surface area (Å²) < 4.78 is 13.8. The maximum atomic E-state index is 13.8. The van der Waals surface area contributed by atoms with Gasteiger partial charge in [-0.25, -0.2) is 4.39 Å². The van der Waals surface area contributed by atoms with E-state index in [1.54, 1.807) is 12.1 Å². The van der Waals surface area contributed by atoms with Gasteiger partial charge in [0.25, 0.3) is 0 Å². The number of rotatable bonds is 4. The highest BCUT2D eigenvalue weighted by molar-refractivity contribution is 6.30. The van der Waals surface area contributed by atoms with Crippen molar-refractivity contribution in [3.05, 3.63) is 70.5 Å². The van der Waals surface area contributed by atoms with Crippen LogP contribution in [-0.2, 0) is 16.6 Å². The van der Waals surface area contributed by atoms with Crippen LogP contribution in [-0.4, -0.2) is 5.78 Å². The van der Waals surface area contributed by atoms with Crippen LogP contribution in [0.3, 0.4) is 0 Å². The van der Waals surface area contributed by atoms with Crippen LogP contribution < -0.4 is 0 Å². The minimum absolute atomic E-state index is 0.0232. The zero-order valence-corrected chi connectivity index (χ0v) is 12.2. The fraction of sp³-hybridized carbons (Fsp3) is 0.235. The Labute approximate surface area is 123 Å². The van der Waals surface area contributed by atoms with E-state index in [2.05, 4.69) is 0 Å². The Kier molecular flexibility index (Phi) is 4.24. The summed E-state index contributed by atoms with van der Waals surface area (Å²) in [6.07, 6.45) is 0.0604. The van der Waals surface area contributed by atoms with E-state index in [4.69, 9.17) is 11.6 Å². The molecule has 0 radical (unpaired) electrons. The highest BCUT2D eigenvalue weighted by atomic mass is 35.5. The smallest absolute Gasteiger partial charge is 0.147 e. The van der Waals surface area contributed by atoms with Gasteiger partial charge in [-0.05, 0) is 37.1 Å². The summed E-state index contributed by atoms with van der Waals surface area (Å²) >= 11 is 5.71. The van der Waals surface area contributed by atoms with E-state index >= 15 is 0 Å². The lowest BCUT2D eigenvalue weighted by molar-refractivity contribution is -0.122. The van der Waals surface area contributed by atoms with Crippen LogP contribution >= 0.6 is 11.6 Å². The Morgan fingerprint density at radius 2 is 1.80 bits per heavy atom. The molecule has 0 saturated heterocycles. The van der Waals surface area contributed by atoms with E-state index in [0.717, 1.165) is 5.56 Å². The van der Waals surface area contributed by atoms with Crippen molar-refractivity contribution in [2.24, 2.45) is 0 Å². The molecule has 0 heterocycles. The van der Waals surface area contributed by atoms with Crippen LogP contribution in [0.25, 0.3) is 0 Å². The zero-order valence-electron chi connectivity index (χ0n) is 11.5. The molecule has 0 aliphatic carbocycles. The lowest BCUT2D eigenvalue weighted by Gasteiger charge is -2.24. The van der Waals surface area contributed by atoms with Crippen LogP contribution in [0.1, 0.15) is 25.0 Å². The highest BCUT2D eigenvalue weighted by Gasteiger charge is 2.29. The SMILES string of the molecule is CC(C)(C(=O)Cc1ccc(Cl)cc1F)c1ccccc1. The van der Waals surface area contributed by atoms with E-state index in [0.29, 0.717) is 10.6 Å². The summed E-state index contributed by atoms with van der Waals surface area (Å²) in [6, 6.07) is 13.9. The third-order valence-electron chi connectivity index (χ3n) is 3.56. The molecule has 0 fully saturated rings. The number of benzene rings is 2. The Balaban J connectivity index is 2.23. The van der Waals surface area contributed by atoms with Gasteiger partial charge in [0.05, 0.1) is 0 Å². The van der Waals surface area contributed by atoms with Gasteiger partial charge in [-0.3, -0.25) is 4.79 Å². The van der Waals surface area contributed by atoms with Gasteiger partial charge in [-0.1, -0.05) is 48.0 Å². The van der Waals surface area contributed by atoms with Gasteiger partial charge in [-0.15, -0.1) is 0 Å². The summed E-state index contributed by atoms with van der Waals surface area (Å²) in [4.78, 5) is 12.5. The fourth-order valence-corrected chi connectivity index (χ4v) is 2.23. The van der Waals surface area contributed by atoms with Crippen molar-refractivity contribution in [2.45, 2.75) is 25.7 Å². The zero-order chi connectivity index (χ0) is 14.8. The van der Waals surface area contributed by atoms with Crippen LogP contribution in [0.5, 0.6) is 0 Å². The molecule has 20 heavy (non-hydrogen) atoms. The Morgan fingerprint density at radius 3 is 2.40 bits per heavy atom. The molecule has 2 aromatic rings. The van der Waals surface area contributed by atoms with E-state index in [1.807, 2.05) is 44.2 Å². The Bertz CT molecular complexity index is 620. The largest absolute Gasteiger partial charge is 0.298 e. The van der Waals surface area contributed by atoms with Crippen LogP contribution in [0.2, 0.25) is 5.02 Å². The topological polar surface area (TPSA) is 17.1 Å². The first-order chi connectivity index (χ1) is 9.41. The lowest BCUT2D eigenvalue weighted by atomic mass is 9.78. The number of halogens is 2. The molecule has 0 bridgehead atoms. The summed E-state index contributed by atoms with van der Waals surface area (Å²) in [5, 5.41) is 0.334. The summed E-state index contributed by atoms with van der Waals surface area (Å²) in [7, 11) is 0. The van der Waals surface area contributed by atoms with Crippen molar-refractivity contribution in [3.63, 3.8) is 0 Å². The maximum absolute atomic E-state index is 13.8. The molecular weight excluding hydrogens is 275 g/mol. The number of hydrogen-bond donors (Lipinski definition) is 0. The monoisotopic (exact) mass is 290 g/mol. The second kappa shape index (κ2) is 5.76. The number of ketones is 1. The summed E-state index contributed by atoms with van der Waals surface area (Å²) in [6.45, 7) is 3.72. The summed E-state index contributed by atoms with van der Waals surface area (Å²) in [5.41, 5.74) is 0.663. The molecule has 0 aliphatic heterocycles. The molecule has 0 aromatic heterocycles. The molecule has 1 nitrogen and oxygen atoms in total. The molecule has 0 spiro atoms. The van der Waals surface area contributed by atoms with Crippen molar-refractivity contribution in [2.75, 3.05) is 0 Å². The fourth-order valence-electron chi connectivity index (χ4n) is 2.07. The molecule has 0 aliphatic rings. The highest BCUT2D eigenvalue weighted by Crippen LogP contribution is 2.26. The first-order valence-electron chi connectivity index (χ1n) is 6.44. The van der Waals surface area contributed by atoms with Crippen molar-refractivity contribution in [1.82, 2.24) is 0 Å². The van der Waals surface area contributed by atoms with Gasteiger partial charge >= 0.3 is 0 Å². The molecule has 104 valence electrons. The molecule has 0 saturated carbocycles. The van der Waals surface area contributed by atoms with Crippen LogP contribution in [0.4, 0.5) is 4.39 Å². The van der Waals surface area contributed by atoms with Gasteiger partial charge in [0, 0.05) is 16.9 Å². The molecular formula is C17H16ClFO. The van der Waals surface area contributed by atoms with Crippen molar-refractivity contribution in [1.29, 1.82) is 0 Å². The first kappa shape index (κ1) is 14.7. The third kappa shape index (κ3) is 3.07. The van der Waals surface area contributed by atoms with Gasteiger partial charge in [0.15, 0.2) is 0 Å². The van der Waals surface area contributed by atoms with E-state index in [1.165, 1.54) is 6.07 Å². The molecule has 2 rings (SSSR count). The van der Waals surface area contributed by atoms with E-state index in [-0.39, 0.29) is 12.2 Å². The first-order valence-corrected chi connectivity index (χ1v) is 6.82. The average Bonchev–Trinajstić information content (AvgIpc) is 2.42. The molecule has 0 unspecified atom stereocenters. The number of hydrogen-bond acceptors (Lipinski definition) is 1. The summed E-state index contributed by atoms with van der Waals surface area (Å²) in [5.74, 6) is -0.459. The second-order valence-electron chi connectivity index (χ2n) is 5.33. The maximum Gasteiger partial charge on any atom is 0.147 e. The van der Waals surface area contributed by atoms with Crippen LogP contribution in [0, 0.1) is 5.82 Å². The normalized spacial score (nSPS) is 11.4. The van der Waals surface area contributed by atoms with Gasteiger partial charge in [0.2, 0.25) is 0 Å². The second-order valence-corrected chi connectivity index (χ2v) is 5.76. The van der Waals surface area contributed by atoms with Crippen LogP contribution in [0.15, 0.2) is 48.5 Å². The number of Topliss-reactive ketones (excluding diaryl/α,β-unsaturated/α-hetero) is 1. The molecule has 2 aromatic carbocycles. The molecule has 0 amide bonds. The van der Waals surface area contributed by atoms with Gasteiger partial charge < -0.3 is 0 Å². The van der Waals surface area contributed by atoms with Gasteiger partial charge in [0.1, 0.15) is 11.6 Å². The van der Waals surface area contributed by atoms with E-state index < -0.39 is 11.2 Å². The average molecular weight is 291 g/mol. The third-order valence-corrected chi connectivity index (χ3v) is 3.79. The van der Waals surface area contributed by atoms with E-state index in [9.17, 15) is 9.18 Å². The number of carbonyl (C=O) groups excluding carboxylic acids is 1. The predicted molar refractivity (Wildman–Crippen MR) is 79.6 cm³/mol. The minimum atomic E-state index is -0.645. The molecule has 0 N–H and O–H groups in total. The Hall–Kier alpha value is -1.67. The Morgan fingerprint density at radius 1 is 1.15 bits per heavy atom. The quantitative estimate of drug-likeness (QED) is 0.806. The standard InChI is InChI=1S/C17H16ClFO/c1-17(2,13-6-4-3-5-7-13)16(20)10-12-8-9-14(18)11-15(12)19/h3-9,11H,10H2,1-2H3. The molecule has 3 heteroatoms. The van der Waals surface area contributed by atoms with Crippen molar-refractivity contribution in [3.8, 4) is 0 Å².